The maximum atomic E-state index is 12.0. The van der Waals surface area contributed by atoms with Crippen LogP contribution in [0.25, 0.3) is 0 Å². The number of hydrogen-bond acceptors (Lipinski definition) is 3. The van der Waals surface area contributed by atoms with Gasteiger partial charge in [0.15, 0.2) is 5.75 Å². The molecule has 0 saturated carbocycles. The van der Waals surface area contributed by atoms with E-state index in [0.717, 1.165) is 12.2 Å². The fourth-order valence-corrected chi connectivity index (χ4v) is 1.94. The predicted octanol–water partition coefficient (Wildman–Crippen LogP) is 3.54. The summed E-state index contributed by atoms with van der Waals surface area (Å²) in [7, 11) is 0. The lowest BCUT2D eigenvalue weighted by Gasteiger charge is -2.14. The van der Waals surface area contributed by atoms with Crippen LogP contribution in [-0.2, 0) is 4.79 Å². The van der Waals surface area contributed by atoms with Gasteiger partial charge in [-0.15, -0.1) is 0 Å². The maximum Gasteiger partial charge on any atom is 0.241 e. The van der Waals surface area contributed by atoms with Crippen molar-refractivity contribution in [1.29, 1.82) is 0 Å². The molecular weight excluding hydrogens is 264 g/mol. The van der Waals surface area contributed by atoms with Crippen LogP contribution in [0, 0.1) is 0 Å². The van der Waals surface area contributed by atoms with E-state index in [9.17, 15) is 4.79 Å². The van der Waals surface area contributed by atoms with Crippen LogP contribution in [0.15, 0.2) is 54.6 Å². The summed E-state index contributed by atoms with van der Waals surface area (Å²) in [4.78, 5) is 12.0. The molecule has 3 N–H and O–H groups in total. The summed E-state index contributed by atoms with van der Waals surface area (Å²) >= 11 is 0. The first-order valence-corrected chi connectivity index (χ1v) is 7.09. The van der Waals surface area contributed by atoms with Gasteiger partial charge in [-0.1, -0.05) is 43.7 Å². The van der Waals surface area contributed by atoms with Gasteiger partial charge in [0, 0.05) is 0 Å². The molecule has 110 valence electrons. The molecule has 0 aliphatic rings. The van der Waals surface area contributed by atoms with E-state index in [1.54, 1.807) is 6.07 Å². The van der Waals surface area contributed by atoms with Crippen LogP contribution in [0.5, 0.6) is 11.5 Å². The molecule has 1 unspecified atom stereocenters. The molecule has 4 nitrogen and oxygen atoms in total. The zero-order chi connectivity index (χ0) is 15.1. The number of benzene rings is 2. The SMILES string of the molecule is CCCC(N)C(=O)Nc1ccccc1Oc1ccccc1. The summed E-state index contributed by atoms with van der Waals surface area (Å²) in [5.74, 6) is 1.12. The van der Waals surface area contributed by atoms with E-state index < -0.39 is 6.04 Å². The second-order valence-corrected chi connectivity index (χ2v) is 4.80. The third kappa shape index (κ3) is 4.33. The van der Waals surface area contributed by atoms with Crippen LogP contribution in [0.4, 0.5) is 5.69 Å². The number of carbonyl (C=O) groups is 1. The number of carbonyl (C=O) groups excluding carboxylic acids is 1. The van der Waals surface area contributed by atoms with E-state index in [-0.39, 0.29) is 5.91 Å². The van der Waals surface area contributed by atoms with Gasteiger partial charge in [0.25, 0.3) is 0 Å². The van der Waals surface area contributed by atoms with Crippen LogP contribution < -0.4 is 15.8 Å². The largest absolute Gasteiger partial charge is 0.455 e. The van der Waals surface area contributed by atoms with Gasteiger partial charge in [-0.2, -0.15) is 0 Å². The Kier molecular flexibility index (Phi) is 5.35. The van der Waals surface area contributed by atoms with Gasteiger partial charge in [0.2, 0.25) is 5.91 Å². The van der Waals surface area contributed by atoms with Crippen LogP contribution in [0.3, 0.4) is 0 Å². The van der Waals surface area contributed by atoms with Gasteiger partial charge in [0.05, 0.1) is 11.7 Å². The zero-order valence-electron chi connectivity index (χ0n) is 12.1. The summed E-state index contributed by atoms with van der Waals surface area (Å²) in [6.07, 6.45) is 1.53. The first kappa shape index (κ1) is 15.1. The molecule has 4 heteroatoms. The Bertz CT molecular complexity index is 584. The molecule has 0 fully saturated rings. The quantitative estimate of drug-likeness (QED) is 0.852. The van der Waals surface area contributed by atoms with Gasteiger partial charge in [-0.25, -0.2) is 0 Å². The minimum absolute atomic E-state index is 0.194. The van der Waals surface area contributed by atoms with Crippen molar-refractivity contribution in [1.82, 2.24) is 0 Å². The second kappa shape index (κ2) is 7.45. The van der Waals surface area contributed by atoms with E-state index in [0.29, 0.717) is 17.9 Å². The summed E-state index contributed by atoms with van der Waals surface area (Å²) in [6, 6.07) is 16.3. The molecule has 0 bridgehead atoms. The van der Waals surface area contributed by atoms with Crippen LogP contribution in [0.2, 0.25) is 0 Å². The average Bonchev–Trinajstić information content (AvgIpc) is 2.50. The minimum Gasteiger partial charge on any atom is -0.455 e. The first-order chi connectivity index (χ1) is 10.2. The number of rotatable bonds is 6. The number of hydrogen-bond donors (Lipinski definition) is 2. The second-order valence-electron chi connectivity index (χ2n) is 4.80. The standard InChI is InChI=1S/C17H20N2O2/c1-2-8-14(18)17(20)19-15-11-6-7-12-16(15)21-13-9-4-3-5-10-13/h3-7,9-12,14H,2,8,18H2,1H3,(H,19,20). The van der Waals surface area contributed by atoms with E-state index in [1.165, 1.54) is 0 Å². The molecule has 1 atom stereocenters. The van der Waals surface area contributed by atoms with E-state index in [2.05, 4.69) is 5.32 Å². The summed E-state index contributed by atoms with van der Waals surface area (Å²) in [6.45, 7) is 2.00. The highest BCUT2D eigenvalue weighted by Crippen LogP contribution is 2.29. The fourth-order valence-electron chi connectivity index (χ4n) is 1.94. The molecule has 0 radical (unpaired) electrons. The van der Waals surface area contributed by atoms with Gasteiger partial charge in [-0.3, -0.25) is 4.79 Å². The fraction of sp³-hybridized carbons (Fsp3) is 0.235. The molecule has 0 aliphatic heterocycles. The van der Waals surface area contributed by atoms with Crippen molar-refractivity contribution in [3.05, 3.63) is 54.6 Å². The zero-order valence-corrected chi connectivity index (χ0v) is 12.1. The molecular formula is C17H20N2O2. The third-order valence-electron chi connectivity index (χ3n) is 3.05. The Labute approximate surface area is 124 Å². The molecule has 2 rings (SSSR count). The van der Waals surface area contributed by atoms with Crippen molar-refractivity contribution >= 4 is 11.6 Å². The van der Waals surface area contributed by atoms with E-state index >= 15 is 0 Å². The third-order valence-corrected chi connectivity index (χ3v) is 3.05. The Morgan fingerprint density at radius 1 is 1.14 bits per heavy atom. The number of amides is 1. The van der Waals surface area contributed by atoms with E-state index in [1.807, 2.05) is 55.5 Å². The maximum absolute atomic E-state index is 12.0. The summed E-state index contributed by atoms with van der Waals surface area (Å²) < 4.78 is 5.79. The van der Waals surface area contributed by atoms with Crippen molar-refractivity contribution in [2.45, 2.75) is 25.8 Å². The Morgan fingerprint density at radius 2 is 1.81 bits per heavy atom. The summed E-state index contributed by atoms with van der Waals surface area (Å²) in [5, 5.41) is 2.83. The van der Waals surface area contributed by atoms with Crippen LogP contribution in [0.1, 0.15) is 19.8 Å². The number of nitrogens with two attached hydrogens (primary N) is 1. The summed E-state index contributed by atoms with van der Waals surface area (Å²) in [5.41, 5.74) is 6.45. The highest BCUT2D eigenvalue weighted by Gasteiger charge is 2.14. The molecule has 0 aromatic heterocycles. The molecule has 0 aliphatic carbocycles. The monoisotopic (exact) mass is 284 g/mol. The number of ether oxygens (including phenoxy) is 1. The highest BCUT2D eigenvalue weighted by atomic mass is 16.5. The van der Waals surface area contributed by atoms with Crippen molar-refractivity contribution in [2.75, 3.05) is 5.32 Å². The molecule has 1 amide bonds. The molecule has 2 aromatic rings. The number of para-hydroxylation sites is 3. The van der Waals surface area contributed by atoms with E-state index in [4.69, 9.17) is 10.5 Å². The van der Waals surface area contributed by atoms with Crippen molar-refractivity contribution in [3.8, 4) is 11.5 Å². The lowest BCUT2D eigenvalue weighted by Crippen LogP contribution is -2.35. The Balaban J connectivity index is 2.12. The highest BCUT2D eigenvalue weighted by molar-refractivity contribution is 5.95. The van der Waals surface area contributed by atoms with Gasteiger partial charge in [-0.05, 0) is 30.7 Å². The van der Waals surface area contributed by atoms with Gasteiger partial charge >= 0.3 is 0 Å². The lowest BCUT2D eigenvalue weighted by molar-refractivity contribution is -0.117. The average molecular weight is 284 g/mol. The molecule has 21 heavy (non-hydrogen) atoms. The van der Waals surface area contributed by atoms with Crippen LogP contribution >= 0.6 is 0 Å². The molecule has 0 spiro atoms. The molecule has 0 saturated heterocycles. The Morgan fingerprint density at radius 3 is 2.52 bits per heavy atom. The molecule has 0 heterocycles. The van der Waals surface area contributed by atoms with Crippen LogP contribution in [-0.4, -0.2) is 11.9 Å². The number of anilines is 1. The van der Waals surface area contributed by atoms with Gasteiger partial charge in [0.1, 0.15) is 5.75 Å². The topological polar surface area (TPSA) is 64.4 Å². The first-order valence-electron chi connectivity index (χ1n) is 7.09. The Hall–Kier alpha value is -2.33. The van der Waals surface area contributed by atoms with Gasteiger partial charge < -0.3 is 15.8 Å². The number of nitrogens with one attached hydrogen (secondary N) is 1. The van der Waals surface area contributed by atoms with Crippen molar-refractivity contribution in [2.24, 2.45) is 5.73 Å². The van der Waals surface area contributed by atoms with Crippen molar-refractivity contribution in [3.63, 3.8) is 0 Å². The lowest BCUT2D eigenvalue weighted by atomic mass is 10.1. The van der Waals surface area contributed by atoms with Crippen molar-refractivity contribution < 1.29 is 9.53 Å². The normalized spacial score (nSPS) is 11.7. The molecule has 2 aromatic carbocycles. The predicted molar refractivity (Wildman–Crippen MR) is 84.5 cm³/mol. The minimum atomic E-state index is -0.500. The smallest absolute Gasteiger partial charge is 0.241 e.